The van der Waals surface area contributed by atoms with E-state index in [1.807, 2.05) is 38.1 Å². The first-order valence-electron chi connectivity index (χ1n) is 7.42. The molecule has 0 fully saturated rings. The second kappa shape index (κ2) is 7.73. The van der Waals surface area contributed by atoms with Crippen LogP contribution in [0.2, 0.25) is 0 Å². The molecule has 0 aliphatic heterocycles. The summed E-state index contributed by atoms with van der Waals surface area (Å²) in [5, 5.41) is 6.33. The Morgan fingerprint density at radius 3 is 2.23 bits per heavy atom. The molecule has 1 aromatic rings. The molecule has 0 aliphatic carbocycles. The molecule has 5 nitrogen and oxygen atoms in total. The fourth-order valence-electron chi connectivity index (χ4n) is 1.66. The zero-order valence-corrected chi connectivity index (χ0v) is 13.9. The van der Waals surface area contributed by atoms with Crippen LogP contribution in [0, 0.1) is 5.92 Å². The predicted molar refractivity (Wildman–Crippen MR) is 88.7 cm³/mol. The van der Waals surface area contributed by atoms with Gasteiger partial charge in [0.05, 0.1) is 6.21 Å². The van der Waals surface area contributed by atoms with Crippen LogP contribution in [0.1, 0.15) is 45.7 Å². The molecule has 0 aromatic heterocycles. The van der Waals surface area contributed by atoms with Crippen LogP contribution in [-0.4, -0.2) is 24.6 Å². The van der Waals surface area contributed by atoms with Crippen LogP contribution in [0.5, 0.6) is 0 Å². The quantitative estimate of drug-likeness (QED) is 0.508. The standard InChI is InChI=1S/C17H25N3O2/c1-12(2)10-18-15(21)16(22)20-19-11-13-6-8-14(9-7-13)17(3,4)5/h6-9,11-12H,10H2,1-5H3,(H,18,21)(H,20,22)/b19-11+. The second-order valence-corrected chi connectivity index (χ2v) is 6.68. The van der Waals surface area contributed by atoms with Crippen LogP contribution in [-0.2, 0) is 15.0 Å². The van der Waals surface area contributed by atoms with E-state index in [4.69, 9.17) is 0 Å². The van der Waals surface area contributed by atoms with E-state index >= 15 is 0 Å². The highest BCUT2D eigenvalue weighted by Gasteiger charge is 2.13. The van der Waals surface area contributed by atoms with Gasteiger partial charge in [0.1, 0.15) is 0 Å². The summed E-state index contributed by atoms with van der Waals surface area (Å²) in [5.41, 5.74) is 4.39. The topological polar surface area (TPSA) is 70.6 Å². The van der Waals surface area contributed by atoms with E-state index in [9.17, 15) is 9.59 Å². The second-order valence-electron chi connectivity index (χ2n) is 6.68. The van der Waals surface area contributed by atoms with Crippen molar-refractivity contribution in [2.75, 3.05) is 6.54 Å². The van der Waals surface area contributed by atoms with Crippen molar-refractivity contribution >= 4 is 18.0 Å². The van der Waals surface area contributed by atoms with Gasteiger partial charge in [-0.25, -0.2) is 5.43 Å². The summed E-state index contributed by atoms with van der Waals surface area (Å²) in [6.45, 7) is 10.8. The molecule has 0 saturated carbocycles. The Morgan fingerprint density at radius 1 is 1.14 bits per heavy atom. The molecule has 2 N–H and O–H groups in total. The average Bonchev–Trinajstić information content (AvgIpc) is 2.44. The fourth-order valence-corrected chi connectivity index (χ4v) is 1.66. The molecule has 120 valence electrons. The first kappa shape index (κ1) is 17.9. The molecule has 0 bridgehead atoms. The van der Waals surface area contributed by atoms with Gasteiger partial charge in [0, 0.05) is 6.54 Å². The Kier molecular flexibility index (Phi) is 6.28. The number of hydrogen-bond acceptors (Lipinski definition) is 3. The van der Waals surface area contributed by atoms with Gasteiger partial charge in [-0.1, -0.05) is 58.9 Å². The minimum Gasteiger partial charge on any atom is -0.348 e. The lowest BCUT2D eigenvalue weighted by atomic mass is 9.87. The van der Waals surface area contributed by atoms with Crippen molar-refractivity contribution < 1.29 is 9.59 Å². The Labute approximate surface area is 132 Å². The van der Waals surface area contributed by atoms with Gasteiger partial charge in [0.2, 0.25) is 0 Å². The molecular weight excluding hydrogens is 278 g/mol. The first-order chi connectivity index (χ1) is 10.2. The lowest BCUT2D eigenvalue weighted by Crippen LogP contribution is -2.39. The first-order valence-corrected chi connectivity index (χ1v) is 7.42. The van der Waals surface area contributed by atoms with Crippen molar-refractivity contribution in [3.8, 4) is 0 Å². The van der Waals surface area contributed by atoms with Gasteiger partial charge in [0.25, 0.3) is 0 Å². The van der Waals surface area contributed by atoms with Crippen molar-refractivity contribution in [2.24, 2.45) is 11.0 Å². The van der Waals surface area contributed by atoms with Gasteiger partial charge in [-0.15, -0.1) is 0 Å². The van der Waals surface area contributed by atoms with Gasteiger partial charge in [0.15, 0.2) is 0 Å². The van der Waals surface area contributed by atoms with Crippen LogP contribution in [0.4, 0.5) is 0 Å². The van der Waals surface area contributed by atoms with Crippen LogP contribution in [0.15, 0.2) is 29.4 Å². The highest BCUT2D eigenvalue weighted by molar-refractivity contribution is 6.35. The molecule has 0 spiro atoms. The van der Waals surface area contributed by atoms with Crippen molar-refractivity contribution in [2.45, 2.75) is 40.0 Å². The highest BCUT2D eigenvalue weighted by atomic mass is 16.2. The van der Waals surface area contributed by atoms with Crippen LogP contribution in [0.3, 0.4) is 0 Å². The third-order valence-electron chi connectivity index (χ3n) is 3.03. The summed E-state index contributed by atoms with van der Waals surface area (Å²) >= 11 is 0. The summed E-state index contributed by atoms with van der Waals surface area (Å²) < 4.78 is 0. The van der Waals surface area contributed by atoms with Crippen LogP contribution in [0.25, 0.3) is 0 Å². The van der Waals surface area contributed by atoms with E-state index in [1.54, 1.807) is 0 Å². The molecule has 0 heterocycles. The molecule has 0 saturated heterocycles. The zero-order chi connectivity index (χ0) is 16.8. The summed E-state index contributed by atoms with van der Waals surface area (Å²) in [5.74, 6) is -1.14. The van der Waals surface area contributed by atoms with Crippen molar-refractivity contribution in [3.63, 3.8) is 0 Å². The predicted octanol–water partition coefficient (Wildman–Crippen LogP) is 2.21. The van der Waals surface area contributed by atoms with Gasteiger partial charge in [-0.05, 0) is 22.5 Å². The minimum absolute atomic E-state index is 0.0956. The molecular formula is C17H25N3O2. The Morgan fingerprint density at radius 2 is 1.73 bits per heavy atom. The molecule has 0 unspecified atom stereocenters. The van der Waals surface area contributed by atoms with Crippen molar-refractivity contribution in [3.05, 3.63) is 35.4 Å². The number of hydrazone groups is 1. The van der Waals surface area contributed by atoms with Gasteiger partial charge in [-0.2, -0.15) is 5.10 Å². The molecule has 0 aliphatic rings. The minimum atomic E-state index is -0.761. The Balaban J connectivity index is 2.52. The number of carbonyl (C=O) groups excluding carboxylic acids is 2. The monoisotopic (exact) mass is 303 g/mol. The molecule has 5 heteroatoms. The largest absolute Gasteiger partial charge is 0.348 e. The van der Waals surface area contributed by atoms with E-state index in [0.29, 0.717) is 12.5 Å². The molecule has 22 heavy (non-hydrogen) atoms. The van der Waals surface area contributed by atoms with Crippen LogP contribution < -0.4 is 10.7 Å². The number of amides is 2. The molecule has 0 atom stereocenters. The summed E-state index contributed by atoms with van der Waals surface area (Å²) in [6.07, 6.45) is 1.51. The van der Waals surface area contributed by atoms with E-state index in [1.165, 1.54) is 11.8 Å². The van der Waals surface area contributed by atoms with E-state index < -0.39 is 11.8 Å². The number of nitrogens with one attached hydrogen (secondary N) is 2. The summed E-state index contributed by atoms with van der Waals surface area (Å²) in [7, 11) is 0. The maximum atomic E-state index is 11.5. The van der Waals surface area contributed by atoms with E-state index in [-0.39, 0.29) is 5.41 Å². The Hall–Kier alpha value is -2.17. The van der Waals surface area contributed by atoms with Gasteiger partial charge < -0.3 is 5.32 Å². The summed E-state index contributed by atoms with van der Waals surface area (Å²) in [6, 6.07) is 7.90. The van der Waals surface area contributed by atoms with E-state index in [2.05, 4.69) is 36.6 Å². The maximum Gasteiger partial charge on any atom is 0.329 e. The SMILES string of the molecule is CC(C)CNC(=O)C(=O)N/N=C/c1ccc(C(C)(C)C)cc1. The normalized spacial score (nSPS) is 11.7. The fraction of sp³-hybridized carbons (Fsp3) is 0.471. The van der Waals surface area contributed by atoms with Crippen LogP contribution >= 0.6 is 0 Å². The molecule has 1 rings (SSSR count). The zero-order valence-electron chi connectivity index (χ0n) is 13.9. The van der Waals surface area contributed by atoms with Crippen molar-refractivity contribution in [1.29, 1.82) is 0 Å². The highest BCUT2D eigenvalue weighted by Crippen LogP contribution is 2.21. The summed E-state index contributed by atoms with van der Waals surface area (Å²) in [4.78, 5) is 22.9. The number of hydrogen-bond donors (Lipinski definition) is 2. The number of rotatable bonds is 4. The number of benzene rings is 1. The van der Waals surface area contributed by atoms with Gasteiger partial charge >= 0.3 is 11.8 Å². The van der Waals surface area contributed by atoms with E-state index in [0.717, 1.165) is 5.56 Å². The molecule has 0 radical (unpaired) electrons. The average molecular weight is 303 g/mol. The third kappa shape index (κ3) is 6.08. The smallest absolute Gasteiger partial charge is 0.329 e. The number of nitrogens with zero attached hydrogens (tertiary/aromatic N) is 1. The van der Waals surface area contributed by atoms with Crippen molar-refractivity contribution in [1.82, 2.24) is 10.7 Å². The molecule has 2 amide bonds. The van der Waals surface area contributed by atoms with Gasteiger partial charge in [-0.3, -0.25) is 9.59 Å². The third-order valence-corrected chi connectivity index (χ3v) is 3.03. The Bertz CT molecular complexity index is 540. The lowest BCUT2D eigenvalue weighted by molar-refractivity contribution is -0.139. The lowest BCUT2D eigenvalue weighted by Gasteiger charge is -2.18. The maximum absolute atomic E-state index is 11.5. The number of carbonyl (C=O) groups is 2. The molecule has 1 aromatic carbocycles.